The minimum absolute atomic E-state index is 0.0242. The number of benzene rings is 1. The summed E-state index contributed by atoms with van der Waals surface area (Å²) in [4.78, 5) is 0. The van der Waals surface area contributed by atoms with Crippen molar-refractivity contribution >= 4 is 40.5 Å². The van der Waals surface area contributed by atoms with Crippen LogP contribution in [0.3, 0.4) is 0 Å². The van der Waals surface area contributed by atoms with Crippen LogP contribution in [0, 0.1) is 0 Å². The second-order valence-corrected chi connectivity index (χ2v) is 5.24. The lowest BCUT2D eigenvalue weighted by molar-refractivity contribution is 0.172. The third-order valence-corrected chi connectivity index (χ3v) is 3.63. The van der Waals surface area contributed by atoms with Crippen molar-refractivity contribution in [3.8, 4) is 0 Å². The average Bonchev–Trinajstić information content (AvgIpc) is 2.57. The highest BCUT2D eigenvalue weighted by Gasteiger charge is 2.26. The van der Waals surface area contributed by atoms with E-state index >= 15 is 0 Å². The van der Waals surface area contributed by atoms with Crippen LogP contribution >= 0.6 is 34.8 Å². The van der Waals surface area contributed by atoms with Crippen LogP contribution in [-0.2, 0) is 0 Å². The molecular formula is C11H12Cl3NO. The number of anilines is 1. The number of nitrogens with one attached hydrogen (secondary N) is 1. The fraction of sp³-hybridized carbons (Fsp3) is 0.455. The standard InChI is InChI=1S/C11H12Cl3NO/c12-6-4-7(13)11(8(14)5-6)15-9-2-1-3-10(9)16/h4-5,9-10,15-16H,1-3H2. The summed E-state index contributed by atoms with van der Waals surface area (Å²) in [5.74, 6) is 0. The van der Waals surface area contributed by atoms with Crippen LogP contribution in [-0.4, -0.2) is 17.3 Å². The van der Waals surface area contributed by atoms with Gasteiger partial charge in [-0.3, -0.25) is 0 Å². The highest BCUT2D eigenvalue weighted by atomic mass is 35.5. The molecule has 0 saturated heterocycles. The van der Waals surface area contributed by atoms with Crippen LogP contribution in [0.5, 0.6) is 0 Å². The molecule has 1 aliphatic carbocycles. The first kappa shape index (κ1) is 12.3. The minimum atomic E-state index is -0.331. The van der Waals surface area contributed by atoms with Crippen molar-refractivity contribution in [2.75, 3.05) is 5.32 Å². The van der Waals surface area contributed by atoms with Gasteiger partial charge in [0.05, 0.1) is 27.9 Å². The molecule has 0 spiro atoms. The van der Waals surface area contributed by atoms with Crippen LogP contribution in [0.4, 0.5) is 5.69 Å². The van der Waals surface area contributed by atoms with Crippen molar-refractivity contribution < 1.29 is 5.11 Å². The summed E-state index contributed by atoms with van der Waals surface area (Å²) >= 11 is 17.9. The Labute approximate surface area is 110 Å². The molecular weight excluding hydrogens is 268 g/mol. The highest BCUT2D eigenvalue weighted by Crippen LogP contribution is 2.35. The minimum Gasteiger partial charge on any atom is -0.391 e. The second-order valence-electron chi connectivity index (χ2n) is 3.99. The topological polar surface area (TPSA) is 32.3 Å². The number of halogens is 3. The molecule has 1 aliphatic rings. The van der Waals surface area contributed by atoms with Gasteiger partial charge in [0.15, 0.2) is 0 Å². The maximum Gasteiger partial charge on any atom is 0.0741 e. The van der Waals surface area contributed by atoms with Gasteiger partial charge in [0.25, 0.3) is 0 Å². The number of hydrogen-bond donors (Lipinski definition) is 2. The van der Waals surface area contributed by atoms with Crippen molar-refractivity contribution in [3.63, 3.8) is 0 Å². The van der Waals surface area contributed by atoms with Crippen molar-refractivity contribution in [3.05, 3.63) is 27.2 Å². The quantitative estimate of drug-likeness (QED) is 0.859. The first-order chi connectivity index (χ1) is 7.58. The Morgan fingerprint density at radius 2 is 1.75 bits per heavy atom. The monoisotopic (exact) mass is 279 g/mol. The summed E-state index contributed by atoms with van der Waals surface area (Å²) in [6.45, 7) is 0. The Bertz CT molecular complexity index is 374. The summed E-state index contributed by atoms with van der Waals surface area (Å²) in [7, 11) is 0. The van der Waals surface area contributed by atoms with E-state index in [4.69, 9.17) is 34.8 Å². The van der Waals surface area contributed by atoms with E-state index in [1.54, 1.807) is 12.1 Å². The summed E-state index contributed by atoms with van der Waals surface area (Å²) in [5, 5.41) is 14.4. The molecule has 2 unspecified atom stereocenters. The van der Waals surface area contributed by atoms with E-state index < -0.39 is 0 Å². The molecule has 5 heteroatoms. The number of hydrogen-bond acceptors (Lipinski definition) is 2. The predicted octanol–water partition coefficient (Wildman–Crippen LogP) is 3.97. The second kappa shape index (κ2) is 5.01. The fourth-order valence-electron chi connectivity index (χ4n) is 1.97. The molecule has 1 fully saturated rings. The van der Waals surface area contributed by atoms with Gasteiger partial charge in [0.2, 0.25) is 0 Å². The Morgan fingerprint density at radius 1 is 1.12 bits per heavy atom. The van der Waals surface area contributed by atoms with Crippen LogP contribution in [0.1, 0.15) is 19.3 Å². The SMILES string of the molecule is OC1CCCC1Nc1c(Cl)cc(Cl)cc1Cl. The van der Waals surface area contributed by atoms with E-state index in [0.29, 0.717) is 20.8 Å². The van der Waals surface area contributed by atoms with Gasteiger partial charge in [0, 0.05) is 5.02 Å². The smallest absolute Gasteiger partial charge is 0.0741 e. The molecule has 0 bridgehead atoms. The van der Waals surface area contributed by atoms with E-state index in [9.17, 15) is 5.11 Å². The van der Waals surface area contributed by atoms with E-state index in [-0.39, 0.29) is 12.1 Å². The Hall–Kier alpha value is -0.150. The molecule has 2 atom stereocenters. The first-order valence-corrected chi connectivity index (χ1v) is 6.30. The Morgan fingerprint density at radius 3 is 2.25 bits per heavy atom. The normalized spacial score (nSPS) is 24.8. The molecule has 0 amide bonds. The van der Waals surface area contributed by atoms with Crippen LogP contribution in [0.2, 0.25) is 15.1 Å². The van der Waals surface area contributed by atoms with Gasteiger partial charge < -0.3 is 10.4 Å². The lowest BCUT2D eigenvalue weighted by Gasteiger charge is -2.19. The molecule has 1 aromatic carbocycles. The van der Waals surface area contributed by atoms with Crippen molar-refractivity contribution in [1.82, 2.24) is 0 Å². The average molecular weight is 281 g/mol. The molecule has 1 saturated carbocycles. The Kier molecular flexibility index (Phi) is 3.85. The molecule has 88 valence electrons. The van der Waals surface area contributed by atoms with Gasteiger partial charge in [-0.2, -0.15) is 0 Å². The van der Waals surface area contributed by atoms with Crippen LogP contribution < -0.4 is 5.32 Å². The predicted molar refractivity (Wildman–Crippen MR) is 68.7 cm³/mol. The summed E-state index contributed by atoms with van der Waals surface area (Å²) in [5.41, 5.74) is 0.652. The lowest BCUT2D eigenvalue weighted by Crippen LogP contribution is -2.28. The van der Waals surface area contributed by atoms with E-state index in [0.717, 1.165) is 19.3 Å². The third kappa shape index (κ3) is 2.57. The molecule has 2 rings (SSSR count). The van der Waals surface area contributed by atoms with Gasteiger partial charge in [-0.25, -0.2) is 0 Å². The maximum absolute atomic E-state index is 9.71. The zero-order chi connectivity index (χ0) is 11.7. The molecule has 16 heavy (non-hydrogen) atoms. The van der Waals surface area contributed by atoms with E-state index in [1.807, 2.05) is 0 Å². The first-order valence-electron chi connectivity index (χ1n) is 5.17. The van der Waals surface area contributed by atoms with Crippen molar-refractivity contribution in [2.24, 2.45) is 0 Å². The maximum atomic E-state index is 9.71. The lowest BCUT2D eigenvalue weighted by atomic mass is 10.2. The van der Waals surface area contributed by atoms with Gasteiger partial charge in [0.1, 0.15) is 0 Å². The summed E-state index contributed by atoms with van der Waals surface area (Å²) in [6.07, 6.45) is 2.43. The van der Waals surface area contributed by atoms with E-state index in [2.05, 4.69) is 5.32 Å². The van der Waals surface area contributed by atoms with Gasteiger partial charge in [-0.1, -0.05) is 34.8 Å². The molecule has 1 aromatic rings. The summed E-state index contributed by atoms with van der Waals surface area (Å²) < 4.78 is 0. The largest absolute Gasteiger partial charge is 0.391 e. The molecule has 2 nitrogen and oxygen atoms in total. The Balaban J connectivity index is 2.21. The van der Waals surface area contributed by atoms with Crippen molar-refractivity contribution in [2.45, 2.75) is 31.4 Å². The molecule has 0 heterocycles. The van der Waals surface area contributed by atoms with Crippen LogP contribution in [0.15, 0.2) is 12.1 Å². The number of aliphatic hydroxyl groups excluding tert-OH is 1. The van der Waals surface area contributed by atoms with Gasteiger partial charge >= 0.3 is 0 Å². The fourth-order valence-corrected chi connectivity index (χ4v) is 2.90. The zero-order valence-corrected chi connectivity index (χ0v) is 10.8. The van der Waals surface area contributed by atoms with Crippen molar-refractivity contribution in [1.29, 1.82) is 0 Å². The third-order valence-electron chi connectivity index (χ3n) is 2.82. The molecule has 2 N–H and O–H groups in total. The molecule has 0 aliphatic heterocycles. The van der Waals surface area contributed by atoms with Gasteiger partial charge in [-0.15, -0.1) is 0 Å². The highest BCUT2D eigenvalue weighted by molar-refractivity contribution is 6.41. The van der Waals surface area contributed by atoms with E-state index in [1.165, 1.54) is 0 Å². The molecule has 0 radical (unpaired) electrons. The number of rotatable bonds is 2. The van der Waals surface area contributed by atoms with Gasteiger partial charge in [-0.05, 0) is 31.4 Å². The molecule has 0 aromatic heterocycles. The zero-order valence-electron chi connectivity index (χ0n) is 8.51. The van der Waals surface area contributed by atoms with Crippen LogP contribution in [0.25, 0.3) is 0 Å². The number of aliphatic hydroxyl groups is 1. The summed E-state index contributed by atoms with van der Waals surface area (Å²) in [6, 6.07) is 3.30.